The van der Waals surface area contributed by atoms with Crippen molar-refractivity contribution in [1.82, 2.24) is 5.32 Å². The smallest absolute Gasteiger partial charge is 0.128 e. The molecule has 2 aromatic carbocycles. The van der Waals surface area contributed by atoms with Crippen LogP contribution in [0.25, 0.3) is 11.1 Å². The fourth-order valence-corrected chi connectivity index (χ4v) is 2.97. The molecular weight excluding hydrogens is 261 g/mol. The van der Waals surface area contributed by atoms with Crippen LogP contribution < -0.4 is 5.32 Å². The highest BCUT2D eigenvalue weighted by molar-refractivity contribution is 5.74. The first-order valence-corrected chi connectivity index (χ1v) is 7.38. The zero-order chi connectivity index (χ0) is 15.7. The lowest BCUT2D eigenvalue weighted by atomic mass is 9.86. The topological polar surface area (TPSA) is 12.0 Å². The molecule has 2 rings (SSSR count). The Hall–Kier alpha value is -1.67. The Bertz CT molecular complexity index is 657. The molecule has 0 unspecified atom stereocenters. The van der Waals surface area contributed by atoms with Crippen LogP contribution in [0.4, 0.5) is 4.39 Å². The molecular formula is C19H24FN. The van der Waals surface area contributed by atoms with Gasteiger partial charge in [0.25, 0.3) is 0 Å². The summed E-state index contributed by atoms with van der Waals surface area (Å²) in [5.74, 6) is -0.142. The molecule has 21 heavy (non-hydrogen) atoms. The van der Waals surface area contributed by atoms with Crippen LogP contribution in [0.3, 0.4) is 0 Å². The van der Waals surface area contributed by atoms with Crippen molar-refractivity contribution in [2.45, 2.75) is 41.2 Å². The fraction of sp³-hybridized carbons (Fsp3) is 0.368. The van der Waals surface area contributed by atoms with Gasteiger partial charge in [-0.2, -0.15) is 0 Å². The minimum absolute atomic E-state index is 0.142. The molecule has 1 nitrogen and oxygen atoms in total. The number of hydrogen-bond acceptors (Lipinski definition) is 1. The molecule has 0 aromatic heterocycles. The second-order valence-electron chi connectivity index (χ2n) is 5.84. The van der Waals surface area contributed by atoms with Crippen molar-refractivity contribution >= 4 is 0 Å². The highest BCUT2D eigenvalue weighted by Gasteiger charge is 2.15. The molecule has 0 heterocycles. The molecule has 0 amide bonds. The van der Waals surface area contributed by atoms with Gasteiger partial charge in [0.05, 0.1) is 0 Å². The summed E-state index contributed by atoms with van der Waals surface area (Å²) in [4.78, 5) is 0. The Balaban J connectivity index is 2.65. The molecule has 0 atom stereocenters. The van der Waals surface area contributed by atoms with E-state index in [1.807, 2.05) is 19.2 Å². The van der Waals surface area contributed by atoms with E-state index in [2.05, 4.69) is 39.9 Å². The average Bonchev–Trinajstić information content (AvgIpc) is 2.46. The van der Waals surface area contributed by atoms with Crippen LogP contribution >= 0.6 is 0 Å². The van der Waals surface area contributed by atoms with Gasteiger partial charge in [0.15, 0.2) is 0 Å². The summed E-state index contributed by atoms with van der Waals surface area (Å²) in [5.41, 5.74) is 9.27. The standard InChI is InChI=1S/C19H24FN/c1-11-12(2)14(4)19(15(5)13(11)3)16-7-8-17(10-21-6)18(20)9-16/h7-9,21H,10H2,1-6H3. The van der Waals surface area contributed by atoms with E-state index in [1.165, 1.54) is 33.4 Å². The molecule has 112 valence electrons. The van der Waals surface area contributed by atoms with Gasteiger partial charge in [-0.15, -0.1) is 0 Å². The maximum Gasteiger partial charge on any atom is 0.128 e. The van der Waals surface area contributed by atoms with Crippen molar-refractivity contribution in [2.75, 3.05) is 7.05 Å². The molecule has 1 N–H and O–H groups in total. The summed E-state index contributed by atoms with van der Waals surface area (Å²) in [6, 6.07) is 5.57. The van der Waals surface area contributed by atoms with Gasteiger partial charge in [-0.1, -0.05) is 12.1 Å². The molecule has 0 fully saturated rings. The highest BCUT2D eigenvalue weighted by Crippen LogP contribution is 2.34. The summed E-state index contributed by atoms with van der Waals surface area (Å²) in [5, 5.41) is 2.99. The van der Waals surface area contributed by atoms with Gasteiger partial charge in [0, 0.05) is 12.1 Å². The number of benzene rings is 2. The molecule has 0 saturated carbocycles. The van der Waals surface area contributed by atoms with Crippen LogP contribution in [-0.2, 0) is 6.54 Å². The quantitative estimate of drug-likeness (QED) is 0.857. The number of halogens is 1. The van der Waals surface area contributed by atoms with Gasteiger partial charge in [-0.3, -0.25) is 0 Å². The zero-order valence-electron chi connectivity index (χ0n) is 13.8. The summed E-state index contributed by atoms with van der Waals surface area (Å²) in [6.07, 6.45) is 0. The van der Waals surface area contributed by atoms with E-state index in [0.29, 0.717) is 12.1 Å². The van der Waals surface area contributed by atoms with Crippen LogP contribution in [-0.4, -0.2) is 7.05 Å². The first-order valence-electron chi connectivity index (χ1n) is 7.38. The fourth-order valence-electron chi connectivity index (χ4n) is 2.97. The lowest BCUT2D eigenvalue weighted by Crippen LogP contribution is -2.07. The van der Waals surface area contributed by atoms with Crippen molar-refractivity contribution in [3.63, 3.8) is 0 Å². The normalized spacial score (nSPS) is 11.0. The predicted molar refractivity (Wildman–Crippen MR) is 88.3 cm³/mol. The SMILES string of the molecule is CNCc1ccc(-c2c(C)c(C)c(C)c(C)c2C)cc1F. The number of hydrogen-bond donors (Lipinski definition) is 1. The first-order chi connectivity index (χ1) is 9.88. The third-order valence-electron chi connectivity index (χ3n) is 4.71. The number of rotatable bonds is 3. The lowest BCUT2D eigenvalue weighted by molar-refractivity contribution is 0.601. The Kier molecular flexibility index (Phi) is 4.48. The Morgan fingerprint density at radius 3 is 1.86 bits per heavy atom. The van der Waals surface area contributed by atoms with E-state index >= 15 is 0 Å². The molecule has 2 aromatic rings. The third-order valence-corrected chi connectivity index (χ3v) is 4.71. The molecule has 0 saturated heterocycles. The maximum atomic E-state index is 14.2. The first kappa shape index (κ1) is 15.7. The summed E-state index contributed by atoms with van der Waals surface area (Å²) < 4.78 is 14.2. The van der Waals surface area contributed by atoms with Crippen molar-refractivity contribution < 1.29 is 4.39 Å². The molecule has 0 aliphatic heterocycles. The van der Waals surface area contributed by atoms with E-state index in [0.717, 1.165) is 5.56 Å². The number of nitrogens with one attached hydrogen (secondary N) is 1. The highest BCUT2D eigenvalue weighted by atomic mass is 19.1. The lowest BCUT2D eigenvalue weighted by Gasteiger charge is -2.19. The molecule has 0 aliphatic rings. The predicted octanol–water partition coefficient (Wildman–Crippen LogP) is 4.75. The van der Waals surface area contributed by atoms with Crippen LogP contribution in [0.5, 0.6) is 0 Å². The molecule has 0 spiro atoms. The van der Waals surface area contributed by atoms with E-state index in [1.54, 1.807) is 6.07 Å². The van der Waals surface area contributed by atoms with Crippen molar-refractivity contribution in [1.29, 1.82) is 0 Å². The maximum absolute atomic E-state index is 14.2. The van der Waals surface area contributed by atoms with Gasteiger partial charge in [0.1, 0.15) is 5.82 Å². The van der Waals surface area contributed by atoms with Crippen LogP contribution in [0, 0.1) is 40.4 Å². The van der Waals surface area contributed by atoms with Gasteiger partial charge >= 0.3 is 0 Å². The van der Waals surface area contributed by atoms with Crippen LogP contribution in [0.15, 0.2) is 18.2 Å². The third kappa shape index (κ3) is 2.73. The van der Waals surface area contributed by atoms with E-state index in [9.17, 15) is 4.39 Å². The minimum Gasteiger partial charge on any atom is -0.316 e. The minimum atomic E-state index is -0.142. The molecule has 0 radical (unpaired) electrons. The van der Waals surface area contributed by atoms with Crippen LogP contribution in [0.2, 0.25) is 0 Å². The second kappa shape index (κ2) is 5.98. The summed E-state index contributed by atoms with van der Waals surface area (Å²) >= 11 is 0. The van der Waals surface area contributed by atoms with E-state index < -0.39 is 0 Å². The molecule has 0 bridgehead atoms. The van der Waals surface area contributed by atoms with Gasteiger partial charge < -0.3 is 5.32 Å². The zero-order valence-corrected chi connectivity index (χ0v) is 13.8. The van der Waals surface area contributed by atoms with Gasteiger partial charge in [0.2, 0.25) is 0 Å². The van der Waals surface area contributed by atoms with Gasteiger partial charge in [-0.05, 0) is 86.7 Å². The largest absolute Gasteiger partial charge is 0.316 e. The second-order valence-corrected chi connectivity index (χ2v) is 5.84. The van der Waals surface area contributed by atoms with Crippen molar-refractivity contribution in [3.05, 3.63) is 57.4 Å². The van der Waals surface area contributed by atoms with Crippen molar-refractivity contribution in [3.8, 4) is 11.1 Å². The summed E-state index contributed by atoms with van der Waals surface area (Å²) in [6.45, 7) is 11.3. The van der Waals surface area contributed by atoms with E-state index in [-0.39, 0.29) is 5.82 Å². The Morgan fingerprint density at radius 2 is 1.38 bits per heavy atom. The van der Waals surface area contributed by atoms with Gasteiger partial charge in [-0.25, -0.2) is 4.39 Å². The van der Waals surface area contributed by atoms with Crippen LogP contribution in [0.1, 0.15) is 33.4 Å². The summed E-state index contributed by atoms with van der Waals surface area (Å²) in [7, 11) is 1.83. The average molecular weight is 285 g/mol. The monoisotopic (exact) mass is 285 g/mol. The molecule has 0 aliphatic carbocycles. The Labute approximate surface area is 127 Å². The Morgan fingerprint density at radius 1 is 0.857 bits per heavy atom. The van der Waals surface area contributed by atoms with Crippen molar-refractivity contribution in [2.24, 2.45) is 0 Å². The molecule has 2 heteroatoms. The van der Waals surface area contributed by atoms with E-state index in [4.69, 9.17) is 0 Å².